The Morgan fingerprint density at radius 1 is 1.35 bits per heavy atom. The predicted molar refractivity (Wildman–Crippen MR) is 87.5 cm³/mol. The van der Waals surface area contributed by atoms with E-state index in [4.69, 9.17) is 0 Å². The molecule has 2 aromatic rings. The fourth-order valence-electron chi connectivity index (χ4n) is 2.34. The monoisotopic (exact) mass is 377 g/mol. The standard InChI is InChI=1S/C16H16BrN3O3/c17-11-3-5-12(6-4-11)20-8-14(18-9-20)15(21)19-13(16(22)23)7-10-1-2-10/h3-6,8-10,13H,1-2,7H2,(H,19,21)(H,22,23). The van der Waals surface area contributed by atoms with E-state index in [0.717, 1.165) is 23.0 Å². The van der Waals surface area contributed by atoms with E-state index in [1.807, 2.05) is 24.3 Å². The summed E-state index contributed by atoms with van der Waals surface area (Å²) in [5.74, 6) is -1.05. The number of carboxylic acids is 1. The van der Waals surface area contributed by atoms with Gasteiger partial charge in [0, 0.05) is 16.4 Å². The lowest BCUT2D eigenvalue weighted by Gasteiger charge is -2.12. The summed E-state index contributed by atoms with van der Waals surface area (Å²) in [7, 11) is 0. The first-order valence-electron chi connectivity index (χ1n) is 7.36. The fourth-order valence-corrected chi connectivity index (χ4v) is 2.60. The molecule has 1 aromatic carbocycles. The van der Waals surface area contributed by atoms with Gasteiger partial charge in [0.15, 0.2) is 0 Å². The Balaban J connectivity index is 1.69. The van der Waals surface area contributed by atoms with Crippen LogP contribution in [0.25, 0.3) is 5.69 Å². The molecule has 7 heteroatoms. The van der Waals surface area contributed by atoms with Gasteiger partial charge in [-0.3, -0.25) is 4.79 Å². The summed E-state index contributed by atoms with van der Waals surface area (Å²) in [6.07, 6.45) is 5.69. The van der Waals surface area contributed by atoms with Crippen molar-refractivity contribution in [2.45, 2.75) is 25.3 Å². The molecule has 1 aliphatic rings. The van der Waals surface area contributed by atoms with Gasteiger partial charge in [0.05, 0.1) is 0 Å². The van der Waals surface area contributed by atoms with Crippen molar-refractivity contribution in [2.75, 3.05) is 0 Å². The number of carbonyl (C=O) groups excluding carboxylic acids is 1. The predicted octanol–water partition coefficient (Wildman–Crippen LogP) is 2.62. The minimum absolute atomic E-state index is 0.204. The quantitative estimate of drug-likeness (QED) is 0.810. The molecule has 1 saturated carbocycles. The van der Waals surface area contributed by atoms with Gasteiger partial charge < -0.3 is 15.0 Å². The summed E-state index contributed by atoms with van der Waals surface area (Å²) in [6.45, 7) is 0. The maximum absolute atomic E-state index is 12.2. The van der Waals surface area contributed by atoms with Gasteiger partial charge in [-0.25, -0.2) is 9.78 Å². The minimum Gasteiger partial charge on any atom is -0.480 e. The van der Waals surface area contributed by atoms with E-state index in [-0.39, 0.29) is 5.69 Å². The highest BCUT2D eigenvalue weighted by Gasteiger charge is 2.30. The van der Waals surface area contributed by atoms with Crippen LogP contribution in [0.2, 0.25) is 0 Å². The Morgan fingerprint density at radius 2 is 2.04 bits per heavy atom. The average molecular weight is 378 g/mol. The van der Waals surface area contributed by atoms with E-state index in [2.05, 4.69) is 26.2 Å². The van der Waals surface area contributed by atoms with Gasteiger partial charge in [0.1, 0.15) is 18.1 Å². The van der Waals surface area contributed by atoms with Gasteiger partial charge >= 0.3 is 5.97 Å². The number of hydrogen-bond acceptors (Lipinski definition) is 3. The summed E-state index contributed by atoms with van der Waals surface area (Å²) in [4.78, 5) is 27.5. The molecule has 1 amide bonds. The highest BCUT2D eigenvalue weighted by molar-refractivity contribution is 9.10. The molecule has 1 fully saturated rings. The number of aromatic nitrogens is 2. The molecule has 1 aromatic heterocycles. The topological polar surface area (TPSA) is 84.2 Å². The van der Waals surface area contributed by atoms with Crippen LogP contribution in [0, 0.1) is 5.92 Å². The molecule has 3 rings (SSSR count). The number of carboxylic acid groups (broad SMARTS) is 1. The van der Waals surface area contributed by atoms with Crippen molar-refractivity contribution in [2.24, 2.45) is 5.92 Å². The highest BCUT2D eigenvalue weighted by Crippen LogP contribution is 2.33. The van der Waals surface area contributed by atoms with Crippen LogP contribution in [-0.4, -0.2) is 32.6 Å². The number of aliphatic carboxylic acids is 1. The zero-order valence-electron chi connectivity index (χ0n) is 12.3. The molecular weight excluding hydrogens is 362 g/mol. The number of nitrogens with one attached hydrogen (secondary N) is 1. The van der Waals surface area contributed by atoms with Crippen molar-refractivity contribution in [3.8, 4) is 5.69 Å². The van der Waals surface area contributed by atoms with Crippen molar-refractivity contribution in [1.82, 2.24) is 14.9 Å². The smallest absolute Gasteiger partial charge is 0.326 e. The number of hydrogen-bond donors (Lipinski definition) is 2. The normalized spacial score (nSPS) is 15.2. The molecule has 1 atom stereocenters. The number of imidazole rings is 1. The molecule has 6 nitrogen and oxygen atoms in total. The fraction of sp³-hybridized carbons (Fsp3) is 0.312. The molecule has 1 unspecified atom stereocenters. The molecule has 23 heavy (non-hydrogen) atoms. The van der Waals surface area contributed by atoms with E-state index in [1.165, 1.54) is 6.33 Å². The van der Waals surface area contributed by atoms with E-state index in [0.29, 0.717) is 12.3 Å². The number of nitrogens with zero attached hydrogens (tertiary/aromatic N) is 2. The van der Waals surface area contributed by atoms with E-state index >= 15 is 0 Å². The molecule has 2 N–H and O–H groups in total. The van der Waals surface area contributed by atoms with Gasteiger partial charge in [0.25, 0.3) is 5.91 Å². The highest BCUT2D eigenvalue weighted by atomic mass is 79.9. The molecule has 1 aliphatic carbocycles. The van der Waals surface area contributed by atoms with Crippen LogP contribution in [0.5, 0.6) is 0 Å². The van der Waals surface area contributed by atoms with E-state index in [9.17, 15) is 14.7 Å². The Hall–Kier alpha value is -2.15. The molecule has 0 spiro atoms. The van der Waals surface area contributed by atoms with Crippen molar-refractivity contribution in [3.63, 3.8) is 0 Å². The van der Waals surface area contributed by atoms with Gasteiger partial charge in [-0.15, -0.1) is 0 Å². The lowest BCUT2D eigenvalue weighted by molar-refractivity contribution is -0.139. The maximum atomic E-state index is 12.2. The molecular formula is C16H16BrN3O3. The van der Waals surface area contributed by atoms with Crippen LogP contribution >= 0.6 is 15.9 Å². The Bertz CT molecular complexity index is 722. The van der Waals surface area contributed by atoms with Gasteiger partial charge in [-0.1, -0.05) is 28.8 Å². The number of benzene rings is 1. The molecule has 0 saturated heterocycles. The first-order valence-corrected chi connectivity index (χ1v) is 8.16. The van der Waals surface area contributed by atoms with Gasteiger partial charge in [-0.2, -0.15) is 0 Å². The SMILES string of the molecule is O=C(NC(CC1CC1)C(=O)O)c1cn(-c2ccc(Br)cc2)cn1. The second-order valence-electron chi connectivity index (χ2n) is 5.69. The summed E-state index contributed by atoms with van der Waals surface area (Å²) in [5.41, 5.74) is 1.07. The van der Waals surface area contributed by atoms with Crippen LogP contribution in [0.15, 0.2) is 41.3 Å². The molecule has 1 heterocycles. The first-order chi connectivity index (χ1) is 11.0. The molecule has 0 bridgehead atoms. The zero-order chi connectivity index (χ0) is 16.4. The summed E-state index contributed by atoms with van der Waals surface area (Å²) in [5, 5.41) is 11.8. The largest absolute Gasteiger partial charge is 0.480 e. The molecule has 0 radical (unpaired) electrons. The Labute approximate surface area is 141 Å². The van der Waals surface area contributed by atoms with Crippen molar-refractivity contribution >= 4 is 27.8 Å². The Morgan fingerprint density at radius 3 is 2.65 bits per heavy atom. The number of halogens is 1. The third-order valence-corrected chi connectivity index (χ3v) is 4.34. The van der Waals surface area contributed by atoms with E-state index in [1.54, 1.807) is 10.8 Å². The number of amides is 1. The van der Waals surface area contributed by atoms with Crippen LogP contribution in [-0.2, 0) is 4.79 Å². The summed E-state index contributed by atoms with van der Waals surface area (Å²) >= 11 is 3.37. The van der Waals surface area contributed by atoms with Gasteiger partial charge in [0.2, 0.25) is 0 Å². The lowest BCUT2D eigenvalue weighted by Crippen LogP contribution is -2.41. The van der Waals surface area contributed by atoms with Crippen LogP contribution in [0.3, 0.4) is 0 Å². The number of carbonyl (C=O) groups is 2. The minimum atomic E-state index is -1.00. The molecule has 0 aliphatic heterocycles. The zero-order valence-corrected chi connectivity index (χ0v) is 13.9. The molecule has 120 valence electrons. The summed E-state index contributed by atoms with van der Waals surface area (Å²) in [6, 6.07) is 6.71. The van der Waals surface area contributed by atoms with Crippen LogP contribution < -0.4 is 5.32 Å². The van der Waals surface area contributed by atoms with Crippen molar-refractivity contribution < 1.29 is 14.7 Å². The van der Waals surface area contributed by atoms with Crippen molar-refractivity contribution in [1.29, 1.82) is 0 Å². The van der Waals surface area contributed by atoms with Crippen LogP contribution in [0.1, 0.15) is 29.8 Å². The summed E-state index contributed by atoms with van der Waals surface area (Å²) < 4.78 is 2.68. The third kappa shape index (κ3) is 3.98. The van der Waals surface area contributed by atoms with Crippen molar-refractivity contribution in [3.05, 3.63) is 47.0 Å². The van der Waals surface area contributed by atoms with E-state index < -0.39 is 17.9 Å². The third-order valence-electron chi connectivity index (χ3n) is 3.81. The maximum Gasteiger partial charge on any atom is 0.326 e. The lowest BCUT2D eigenvalue weighted by atomic mass is 10.1. The van der Waals surface area contributed by atoms with Gasteiger partial charge in [-0.05, 0) is 36.6 Å². The first kappa shape index (κ1) is 15.7. The average Bonchev–Trinajstić information content (AvgIpc) is 3.20. The Kier molecular flexibility index (Phi) is 4.47. The van der Waals surface area contributed by atoms with Crippen LogP contribution in [0.4, 0.5) is 0 Å². The second kappa shape index (κ2) is 6.54. The number of rotatable bonds is 6. The second-order valence-corrected chi connectivity index (χ2v) is 6.60.